The van der Waals surface area contributed by atoms with Gasteiger partial charge in [0.15, 0.2) is 6.79 Å². The lowest BCUT2D eigenvalue weighted by Gasteiger charge is -2.20. The molecule has 0 aliphatic heterocycles. The van der Waals surface area contributed by atoms with Crippen LogP contribution in [0.5, 0.6) is 5.75 Å². The van der Waals surface area contributed by atoms with Crippen molar-refractivity contribution in [3.05, 3.63) is 101 Å². The Labute approximate surface area is 166 Å². The molecule has 0 fully saturated rings. The summed E-state index contributed by atoms with van der Waals surface area (Å²) < 4.78 is 66.1. The van der Waals surface area contributed by atoms with Crippen molar-refractivity contribution in [2.75, 3.05) is 13.9 Å². The highest BCUT2D eigenvalue weighted by Gasteiger charge is 2.38. The maximum atomic E-state index is 14.2. The van der Waals surface area contributed by atoms with Crippen LogP contribution in [0.3, 0.4) is 0 Å². The number of ether oxygens (including phenoxy) is 2. The first-order valence-electron chi connectivity index (χ1n) is 8.75. The van der Waals surface area contributed by atoms with Crippen molar-refractivity contribution in [2.45, 2.75) is 6.18 Å². The number of hydrogen-bond donors (Lipinski definition) is 0. The predicted octanol–water partition coefficient (Wildman–Crippen LogP) is 6.33. The average molecular weight is 402 g/mol. The summed E-state index contributed by atoms with van der Waals surface area (Å²) in [5, 5.41) is 0. The van der Waals surface area contributed by atoms with Gasteiger partial charge < -0.3 is 9.47 Å². The van der Waals surface area contributed by atoms with Crippen LogP contribution in [0.25, 0.3) is 11.1 Å². The van der Waals surface area contributed by atoms with E-state index in [1.807, 2.05) is 0 Å². The van der Waals surface area contributed by atoms with Gasteiger partial charge in [-0.05, 0) is 41.0 Å². The smallest absolute Gasteiger partial charge is 0.417 e. The summed E-state index contributed by atoms with van der Waals surface area (Å²) in [7, 11) is 1.45. The predicted molar refractivity (Wildman–Crippen MR) is 104 cm³/mol. The lowest BCUT2D eigenvalue weighted by atomic mass is 9.89. The molecule has 3 aromatic carbocycles. The Morgan fingerprint density at radius 1 is 0.759 bits per heavy atom. The van der Waals surface area contributed by atoms with Crippen LogP contribution in [0.1, 0.15) is 16.7 Å². The lowest BCUT2D eigenvalue weighted by Crippen LogP contribution is -2.14. The molecule has 0 heterocycles. The van der Waals surface area contributed by atoms with E-state index in [4.69, 9.17) is 9.47 Å². The molecule has 3 aromatic rings. The minimum atomic E-state index is -4.64. The zero-order valence-corrected chi connectivity index (χ0v) is 15.5. The molecule has 0 unspecified atom stereocenters. The molecule has 29 heavy (non-hydrogen) atoms. The van der Waals surface area contributed by atoms with E-state index in [1.165, 1.54) is 43.5 Å². The number of halogens is 4. The van der Waals surface area contributed by atoms with E-state index in [0.717, 1.165) is 12.1 Å². The number of allylic oxidation sites excluding steroid dienone is 1. The van der Waals surface area contributed by atoms with Crippen molar-refractivity contribution in [3.63, 3.8) is 0 Å². The van der Waals surface area contributed by atoms with E-state index in [1.54, 1.807) is 30.3 Å². The van der Waals surface area contributed by atoms with E-state index in [0.29, 0.717) is 11.3 Å². The van der Waals surface area contributed by atoms with Crippen molar-refractivity contribution in [1.82, 2.24) is 0 Å². The van der Waals surface area contributed by atoms with Crippen molar-refractivity contribution < 1.29 is 27.0 Å². The van der Waals surface area contributed by atoms with Crippen molar-refractivity contribution in [2.24, 2.45) is 0 Å². The standard InChI is InChI=1S/C23H18F4O2/c1-28-15-29-20-13-9-18(10-14-20)22(23(25,26)27)21(16-5-3-2-4-6-16)17-7-11-19(24)12-8-17/h2-14H,15H2,1H3. The average Bonchev–Trinajstić information content (AvgIpc) is 2.71. The molecule has 0 atom stereocenters. The van der Waals surface area contributed by atoms with Gasteiger partial charge >= 0.3 is 6.18 Å². The van der Waals surface area contributed by atoms with E-state index in [-0.39, 0.29) is 23.5 Å². The molecular formula is C23H18F4O2. The monoisotopic (exact) mass is 402 g/mol. The fourth-order valence-corrected chi connectivity index (χ4v) is 2.97. The molecule has 0 aromatic heterocycles. The molecule has 0 saturated heterocycles. The zero-order chi connectivity index (χ0) is 20.9. The topological polar surface area (TPSA) is 18.5 Å². The molecule has 0 radical (unpaired) electrons. The fourth-order valence-electron chi connectivity index (χ4n) is 2.97. The molecule has 0 saturated carbocycles. The minimum absolute atomic E-state index is 0.00778. The van der Waals surface area contributed by atoms with E-state index in [2.05, 4.69) is 0 Å². The van der Waals surface area contributed by atoms with Crippen LogP contribution < -0.4 is 4.74 Å². The van der Waals surface area contributed by atoms with Gasteiger partial charge in [0, 0.05) is 12.7 Å². The summed E-state index contributed by atoms with van der Waals surface area (Å²) in [5.41, 5.74) is -0.210. The summed E-state index contributed by atoms with van der Waals surface area (Å²) in [6, 6.07) is 18.8. The molecule has 150 valence electrons. The van der Waals surface area contributed by atoms with Gasteiger partial charge in [-0.3, -0.25) is 0 Å². The SMILES string of the molecule is COCOc1ccc(C(=C(c2ccccc2)c2ccc(F)cc2)C(F)(F)F)cc1. The van der Waals surface area contributed by atoms with Crippen molar-refractivity contribution in [1.29, 1.82) is 0 Å². The molecule has 2 nitrogen and oxygen atoms in total. The Hall–Kier alpha value is -3.12. The minimum Gasteiger partial charge on any atom is -0.468 e. The Kier molecular flexibility index (Phi) is 6.34. The molecule has 0 bridgehead atoms. The van der Waals surface area contributed by atoms with Crippen LogP contribution in [0, 0.1) is 5.82 Å². The number of methoxy groups -OCH3 is 1. The third kappa shape index (κ3) is 5.03. The number of benzene rings is 3. The van der Waals surface area contributed by atoms with Crippen molar-refractivity contribution >= 4 is 11.1 Å². The van der Waals surface area contributed by atoms with Gasteiger partial charge in [-0.25, -0.2) is 4.39 Å². The van der Waals surface area contributed by atoms with Gasteiger partial charge in [-0.1, -0.05) is 54.6 Å². The summed E-state index contributed by atoms with van der Waals surface area (Å²) in [4.78, 5) is 0. The maximum Gasteiger partial charge on any atom is 0.417 e. The van der Waals surface area contributed by atoms with E-state index >= 15 is 0 Å². The molecule has 3 rings (SSSR count). The number of hydrogen-bond acceptors (Lipinski definition) is 2. The zero-order valence-electron chi connectivity index (χ0n) is 15.5. The number of rotatable bonds is 6. The molecule has 6 heteroatoms. The Morgan fingerprint density at radius 3 is 1.86 bits per heavy atom. The van der Waals surface area contributed by atoms with Crippen LogP contribution >= 0.6 is 0 Å². The van der Waals surface area contributed by atoms with Gasteiger partial charge in [0.2, 0.25) is 0 Å². The van der Waals surface area contributed by atoms with E-state index in [9.17, 15) is 17.6 Å². The summed E-state index contributed by atoms with van der Waals surface area (Å²) in [5.74, 6) is -0.130. The summed E-state index contributed by atoms with van der Waals surface area (Å²) >= 11 is 0. The van der Waals surface area contributed by atoms with Crippen LogP contribution in [-0.4, -0.2) is 20.1 Å². The highest BCUT2D eigenvalue weighted by molar-refractivity contribution is 6.00. The molecular weight excluding hydrogens is 384 g/mol. The lowest BCUT2D eigenvalue weighted by molar-refractivity contribution is -0.0685. The molecule has 0 spiro atoms. The Bertz CT molecular complexity index is 961. The first kappa shape index (κ1) is 20.6. The molecule has 0 aliphatic carbocycles. The summed E-state index contributed by atoms with van der Waals surface area (Å²) in [6.07, 6.45) is -4.64. The Balaban J connectivity index is 2.23. The first-order valence-corrected chi connectivity index (χ1v) is 8.75. The number of alkyl halides is 3. The molecule has 0 aliphatic rings. The van der Waals surface area contributed by atoms with Crippen LogP contribution in [-0.2, 0) is 4.74 Å². The van der Waals surface area contributed by atoms with Crippen LogP contribution in [0.2, 0.25) is 0 Å². The maximum absolute atomic E-state index is 14.2. The Morgan fingerprint density at radius 2 is 1.31 bits per heavy atom. The van der Waals surface area contributed by atoms with Gasteiger partial charge in [-0.15, -0.1) is 0 Å². The second kappa shape index (κ2) is 8.92. The quantitative estimate of drug-likeness (QED) is 0.273. The van der Waals surface area contributed by atoms with Crippen LogP contribution in [0.15, 0.2) is 78.9 Å². The molecule has 0 amide bonds. The van der Waals surface area contributed by atoms with Crippen molar-refractivity contribution in [3.8, 4) is 5.75 Å². The normalized spacial score (nSPS) is 12.4. The highest BCUT2D eigenvalue weighted by Crippen LogP contribution is 2.42. The largest absolute Gasteiger partial charge is 0.468 e. The van der Waals surface area contributed by atoms with Gasteiger partial charge in [-0.2, -0.15) is 13.2 Å². The first-order chi connectivity index (χ1) is 13.9. The van der Waals surface area contributed by atoms with Gasteiger partial charge in [0.1, 0.15) is 11.6 Å². The summed E-state index contributed by atoms with van der Waals surface area (Å²) in [6.45, 7) is -0.00778. The van der Waals surface area contributed by atoms with Gasteiger partial charge in [0.05, 0.1) is 5.57 Å². The third-order valence-corrected chi connectivity index (χ3v) is 4.22. The van der Waals surface area contributed by atoms with E-state index < -0.39 is 17.6 Å². The molecule has 0 N–H and O–H groups in total. The third-order valence-electron chi connectivity index (χ3n) is 4.22. The fraction of sp³-hybridized carbons (Fsp3) is 0.130. The van der Waals surface area contributed by atoms with Crippen LogP contribution in [0.4, 0.5) is 17.6 Å². The van der Waals surface area contributed by atoms with Gasteiger partial charge in [0.25, 0.3) is 0 Å². The highest BCUT2D eigenvalue weighted by atomic mass is 19.4. The second-order valence-corrected chi connectivity index (χ2v) is 6.20. The second-order valence-electron chi connectivity index (χ2n) is 6.20.